The summed E-state index contributed by atoms with van der Waals surface area (Å²) in [4.78, 5) is 13.4. The van der Waals surface area contributed by atoms with Gasteiger partial charge in [-0.2, -0.15) is 8.87 Å². The van der Waals surface area contributed by atoms with Crippen LogP contribution in [0.15, 0.2) is 18.7 Å². The van der Waals surface area contributed by atoms with Gasteiger partial charge in [0.2, 0.25) is 10.0 Å². The molecular formula is C13H19F2N4O3S+. The van der Waals surface area contributed by atoms with E-state index < -0.39 is 41.0 Å². The summed E-state index contributed by atoms with van der Waals surface area (Å²) in [5.74, 6) is -3.12. The van der Waals surface area contributed by atoms with Crippen molar-refractivity contribution in [3.05, 3.63) is 18.7 Å². The van der Waals surface area contributed by atoms with Gasteiger partial charge in [0.15, 0.2) is 0 Å². The quantitative estimate of drug-likeness (QED) is 0.672. The summed E-state index contributed by atoms with van der Waals surface area (Å²) in [6, 6.07) is -1.45. The normalized spacial score (nSPS) is 27.3. The Kier molecular flexibility index (Phi) is 3.91. The molecular weight excluding hydrogens is 330 g/mol. The van der Waals surface area contributed by atoms with E-state index >= 15 is 0 Å². The van der Waals surface area contributed by atoms with Crippen LogP contribution in [-0.4, -0.2) is 65.6 Å². The summed E-state index contributed by atoms with van der Waals surface area (Å²) < 4.78 is 56.1. The van der Waals surface area contributed by atoms with Crippen LogP contribution in [0, 0.1) is 0 Å². The van der Waals surface area contributed by atoms with Gasteiger partial charge in [-0.1, -0.05) is 0 Å². The lowest BCUT2D eigenvalue weighted by molar-refractivity contribution is -0.670. The molecule has 1 aromatic heterocycles. The zero-order valence-corrected chi connectivity index (χ0v) is 13.5. The molecule has 2 aliphatic rings. The van der Waals surface area contributed by atoms with E-state index in [2.05, 4.69) is 0 Å². The average Bonchev–Trinajstić information content (AvgIpc) is 3.01. The molecule has 0 spiro atoms. The molecule has 0 aromatic carbocycles. The van der Waals surface area contributed by atoms with Crippen molar-refractivity contribution in [1.82, 2.24) is 13.8 Å². The van der Waals surface area contributed by atoms with Gasteiger partial charge in [-0.25, -0.2) is 26.6 Å². The molecule has 2 saturated heterocycles. The van der Waals surface area contributed by atoms with Crippen molar-refractivity contribution >= 4 is 16.1 Å². The van der Waals surface area contributed by atoms with Crippen LogP contribution in [-0.2, 0) is 17.1 Å². The third-order valence-electron chi connectivity index (χ3n) is 4.19. The molecule has 10 heteroatoms. The number of hydrogen-bond donors (Lipinski definition) is 0. The second kappa shape index (κ2) is 5.52. The van der Waals surface area contributed by atoms with E-state index in [-0.39, 0.29) is 18.8 Å². The molecule has 7 nitrogen and oxygen atoms in total. The van der Waals surface area contributed by atoms with Gasteiger partial charge in [0.25, 0.3) is 12.2 Å². The molecule has 3 rings (SSSR count). The number of amides is 1. The number of halogens is 2. The van der Waals surface area contributed by atoms with Crippen LogP contribution in [0.2, 0.25) is 0 Å². The van der Waals surface area contributed by atoms with E-state index in [1.54, 1.807) is 17.8 Å². The lowest BCUT2D eigenvalue weighted by Crippen LogP contribution is -2.57. The van der Waals surface area contributed by atoms with Crippen molar-refractivity contribution < 1.29 is 26.6 Å². The van der Waals surface area contributed by atoms with Crippen LogP contribution in [0.3, 0.4) is 0 Å². The van der Waals surface area contributed by atoms with Crippen LogP contribution >= 0.6 is 0 Å². The standard InChI is InChI=1S/C13H19F2N4O3S/c1-16-4-5-17(10-16)12(20)18-8-11(7-13(14,15)9-18)19-3-2-6-23(19,21)22/h4-5,10-11H,2-3,6-9H2,1H3/q+1/t11-/m1/s1. The van der Waals surface area contributed by atoms with Gasteiger partial charge >= 0.3 is 6.03 Å². The minimum atomic E-state index is -3.50. The summed E-state index contributed by atoms with van der Waals surface area (Å²) in [5.41, 5.74) is 0. The molecule has 0 unspecified atom stereocenters. The topological polar surface area (TPSA) is 66.5 Å². The first-order chi connectivity index (χ1) is 10.7. The number of hydrogen-bond acceptors (Lipinski definition) is 3. The molecule has 0 aliphatic carbocycles. The highest BCUT2D eigenvalue weighted by Crippen LogP contribution is 2.32. The average molecular weight is 349 g/mol. The predicted molar refractivity (Wildman–Crippen MR) is 76.4 cm³/mol. The van der Waals surface area contributed by atoms with E-state index in [4.69, 9.17) is 0 Å². The maximum Gasteiger partial charge on any atom is 0.416 e. The summed E-state index contributed by atoms with van der Waals surface area (Å²) >= 11 is 0. The monoisotopic (exact) mass is 349 g/mol. The second-order valence-electron chi connectivity index (χ2n) is 6.14. The fraction of sp³-hybridized carbons (Fsp3) is 0.692. The van der Waals surface area contributed by atoms with Crippen molar-refractivity contribution in [2.24, 2.45) is 7.05 Å². The highest BCUT2D eigenvalue weighted by Gasteiger charge is 2.48. The Hall–Kier alpha value is -1.55. The Labute approximate surface area is 133 Å². The van der Waals surface area contributed by atoms with Crippen LogP contribution in [0.5, 0.6) is 0 Å². The van der Waals surface area contributed by atoms with Crippen LogP contribution < -0.4 is 4.57 Å². The van der Waals surface area contributed by atoms with Crippen LogP contribution in [0.4, 0.5) is 13.6 Å². The summed E-state index contributed by atoms with van der Waals surface area (Å²) in [5, 5.41) is 0. The fourth-order valence-electron chi connectivity index (χ4n) is 3.21. The van der Waals surface area contributed by atoms with Crippen molar-refractivity contribution in [1.29, 1.82) is 0 Å². The molecule has 0 radical (unpaired) electrons. The number of piperidine rings is 1. The van der Waals surface area contributed by atoms with Crippen LogP contribution in [0.1, 0.15) is 12.8 Å². The first-order valence-electron chi connectivity index (χ1n) is 7.38. The number of aryl methyl sites for hydroxylation is 1. The van der Waals surface area contributed by atoms with E-state index in [1.165, 1.54) is 17.1 Å². The van der Waals surface area contributed by atoms with Gasteiger partial charge in [-0.3, -0.25) is 4.90 Å². The lowest BCUT2D eigenvalue weighted by Gasteiger charge is -2.39. The number of likely N-dealkylation sites (tertiary alicyclic amines) is 1. The summed E-state index contributed by atoms with van der Waals surface area (Å²) in [6.45, 7) is -0.475. The lowest BCUT2D eigenvalue weighted by atomic mass is 10.0. The molecule has 1 atom stereocenters. The molecule has 0 saturated carbocycles. The van der Waals surface area contributed by atoms with E-state index in [0.717, 1.165) is 9.21 Å². The fourth-order valence-corrected chi connectivity index (χ4v) is 4.94. The molecule has 2 aliphatic heterocycles. The number of alkyl halides is 2. The zero-order valence-electron chi connectivity index (χ0n) is 12.7. The smallest absolute Gasteiger partial charge is 0.297 e. The van der Waals surface area contributed by atoms with Gasteiger partial charge < -0.3 is 0 Å². The number of aromatic nitrogens is 2. The summed E-state index contributed by atoms with van der Waals surface area (Å²) in [6.07, 6.45) is 4.48. The Morgan fingerprint density at radius 3 is 2.70 bits per heavy atom. The van der Waals surface area contributed by atoms with Crippen LogP contribution in [0.25, 0.3) is 0 Å². The maximum atomic E-state index is 14.1. The van der Waals surface area contributed by atoms with Gasteiger partial charge in [-0.15, -0.1) is 0 Å². The maximum absolute atomic E-state index is 14.1. The van der Waals surface area contributed by atoms with Gasteiger partial charge in [0, 0.05) is 25.6 Å². The molecule has 3 heterocycles. The minimum absolute atomic E-state index is 0.0174. The SMILES string of the molecule is C[n+]1ccn(C(=O)N2C[C@H](N3CCCS3(=O)=O)CC(F)(F)C2)c1. The third kappa shape index (κ3) is 3.23. The molecule has 0 N–H and O–H groups in total. The molecule has 128 valence electrons. The van der Waals surface area contributed by atoms with E-state index in [0.29, 0.717) is 6.42 Å². The Morgan fingerprint density at radius 1 is 1.39 bits per heavy atom. The molecule has 2 fully saturated rings. The molecule has 1 amide bonds. The third-order valence-corrected chi connectivity index (χ3v) is 6.19. The van der Waals surface area contributed by atoms with E-state index in [1.807, 2.05) is 0 Å². The van der Waals surface area contributed by atoms with Crippen molar-refractivity contribution in [3.63, 3.8) is 0 Å². The molecule has 23 heavy (non-hydrogen) atoms. The number of rotatable bonds is 1. The first kappa shape index (κ1) is 16.3. The Bertz CT molecular complexity index is 719. The molecule has 0 bridgehead atoms. The molecule has 1 aromatic rings. The van der Waals surface area contributed by atoms with Crippen molar-refractivity contribution in [2.45, 2.75) is 24.8 Å². The number of carbonyl (C=O) groups is 1. The first-order valence-corrected chi connectivity index (χ1v) is 8.99. The zero-order chi connectivity index (χ0) is 16.8. The minimum Gasteiger partial charge on any atom is -0.297 e. The van der Waals surface area contributed by atoms with Gasteiger partial charge in [0.1, 0.15) is 12.4 Å². The number of imidazole rings is 1. The number of sulfonamides is 1. The van der Waals surface area contributed by atoms with E-state index in [9.17, 15) is 22.0 Å². The number of carbonyl (C=O) groups excluding carboxylic acids is 1. The van der Waals surface area contributed by atoms with Gasteiger partial charge in [-0.05, 0) is 6.42 Å². The second-order valence-corrected chi connectivity index (χ2v) is 8.18. The summed E-state index contributed by atoms with van der Waals surface area (Å²) in [7, 11) is -1.78. The predicted octanol–water partition coefficient (Wildman–Crippen LogP) is 0.0258. The highest BCUT2D eigenvalue weighted by atomic mass is 32.2. The Balaban J connectivity index is 1.83. The largest absolute Gasteiger partial charge is 0.416 e. The highest BCUT2D eigenvalue weighted by molar-refractivity contribution is 7.89. The Morgan fingerprint density at radius 2 is 2.13 bits per heavy atom. The van der Waals surface area contributed by atoms with Gasteiger partial charge in [0.05, 0.1) is 19.3 Å². The number of nitrogens with zero attached hydrogens (tertiary/aromatic N) is 4. The van der Waals surface area contributed by atoms with Crippen molar-refractivity contribution in [3.8, 4) is 0 Å². The van der Waals surface area contributed by atoms with Crippen molar-refractivity contribution in [2.75, 3.05) is 25.4 Å².